The third-order valence-corrected chi connectivity index (χ3v) is 4.79. The predicted molar refractivity (Wildman–Crippen MR) is 61.1 cm³/mol. The van der Waals surface area contributed by atoms with Gasteiger partial charge in [-0.2, -0.15) is 5.10 Å². The normalized spacial score (nSPS) is 47.4. The van der Waals surface area contributed by atoms with Crippen LogP contribution in [-0.2, 0) is 4.74 Å². The number of nitrogens with zero attached hydrogens (tertiary/aromatic N) is 2. The van der Waals surface area contributed by atoms with Gasteiger partial charge in [-0.25, -0.2) is 0 Å². The van der Waals surface area contributed by atoms with Crippen LogP contribution in [0.2, 0.25) is 0 Å². The van der Waals surface area contributed by atoms with Crippen LogP contribution in [0.1, 0.15) is 31.5 Å². The van der Waals surface area contributed by atoms with E-state index in [4.69, 9.17) is 4.74 Å². The molecule has 4 nitrogen and oxygen atoms in total. The van der Waals surface area contributed by atoms with Crippen molar-refractivity contribution in [2.24, 2.45) is 11.8 Å². The molecule has 0 aromatic carbocycles. The number of aromatic nitrogens is 2. The number of nitrogens with one attached hydrogen (secondary N) is 1. The van der Waals surface area contributed by atoms with Gasteiger partial charge in [-0.3, -0.25) is 0 Å². The standard InChI is InChI=1S/C13H16N3O/c1-13-5-4-10(17-13)8-7-14-12(11(8)13)9-3-2-6-15-16-9/h2-3,8,10-12,14H,4-5,7H2,1H3. The topological polar surface area (TPSA) is 47.0 Å². The Kier molecular flexibility index (Phi) is 1.92. The molecule has 3 fully saturated rings. The fourth-order valence-corrected chi connectivity index (χ4v) is 4.10. The van der Waals surface area contributed by atoms with Gasteiger partial charge >= 0.3 is 0 Å². The van der Waals surface area contributed by atoms with Gasteiger partial charge in [0.05, 0.1) is 23.4 Å². The zero-order chi connectivity index (χ0) is 11.5. The van der Waals surface area contributed by atoms with Crippen molar-refractivity contribution in [2.75, 3.05) is 6.54 Å². The first-order chi connectivity index (χ1) is 8.28. The molecule has 4 heteroatoms. The van der Waals surface area contributed by atoms with E-state index in [9.17, 15) is 0 Å². The van der Waals surface area contributed by atoms with Crippen molar-refractivity contribution in [2.45, 2.75) is 37.5 Å². The predicted octanol–water partition coefficient (Wildman–Crippen LogP) is 1.10. The fourth-order valence-electron chi connectivity index (χ4n) is 4.10. The van der Waals surface area contributed by atoms with Crippen LogP contribution >= 0.6 is 0 Å². The van der Waals surface area contributed by atoms with E-state index in [-0.39, 0.29) is 5.60 Å². The highest BCUT2D eigenvalue weighted by Crippen LogP contribution is 2.57. The summed E-state index contributed by atoms with van der Waals surface area (Å²) in [7, 11) is 0. The third-order valence-electron chi connectivity index (χ3n) is 4.79. The van der Waals surface area contributed by atoms with E-state index >= 15 is 0 Å². The number of fused-ring (bicyclic) bond motifs is 5. The lowest BCUT2D eigenvalue weighted by atomic mass is 9.71. The minimum Gasteiger partial charge on any atom is -0.371 e. The summed E-state index contributed by atoms with van der Waals surface area (Å²) in [4.78, 5) is 0. The zero-order valence-corrected chi connectivity index (χ0v) is 9.89. The van der Waals surface area contributed by atoms with E-state index in [1.54, 1.807) is 0 Å². The molecule has 0 saturated carbocycles. The van der Waals surface area contributed by atoms with E-state index < -0.39 is 0 Å². The quantitative estimate of drug-likeness (QED) is 0.785. The number of rotatable bonds is 1. The van der Waals surface area contributed by atoms with Gasteiger partial charge in [0.15, 0.2) is 0 Å². The van der Waals surface area contributed by atoms with Gasteiger partial charge in [0.1, 0.15) is 6.20 Å². The first-order valence-corrected chi connectivity index (χ1v) is 6.39. The van der Waals surface area contributed by atoms with Crippen LogP contribution in [0, 0.1) is 18.0 Å². The summed E-state index contributed by atoms with van der Waals surface area (Å²) in [5.74, 6) is 1.21. The van der Waals surface area contributed by atoms with Crippen molar-refractivity contribution in [1.82, 2.24) is 15.5 Å². The van der Waals surface area contributed by atoms with E-state index in [2.05, 4.69) is 28.6 Å². The Morgan fingerprint density at radius 1 is 1.59 bits per heavy atom. The second-order valence-corrected chi connectivity index (χ2v) is 5.67. The molecule has 5 atom stereocenters. The number of hydrogen-bond donors (Lipinski definition) is 1. The molecular formula is C13H16N3O. The van der Waals surface area contributed by atoms with Crippen LogP contribution in [-0.4, -0.2) is 28.4 Å². The molecule has 1 aromatic heterocycles. The summed E-state index contributed by atoms with van der Waals surface area (Å²) >= 11 is 0. The molecule has 4 heterocycles. The molecule has 1 radical (unpaired) electrons. The minimum absolute atomic E-state index is 0.0464. The van der Waals surface area contributed by atoms with Crippen LogP contribution in [0.4, 0.5) is 0 Å². The molecular weight excluding hydrogens is 214 g/mol. The highest BCUT2D eigenvalue weighted by Gasteiger charge is 2.61. The first kappa shape index (κ1) is 9.97. The summed E-state index contributed by atoms with van der Waals surface area (Å²) in [6.45, 7) is 3.32. The second-order valence-electron chi connectivity index (χ2n) is 5.67. The molecule has 89 valence electrons. The van der Waals surface area contributed by atoms with Gasteiger partial charge in [-0.15, -0.1) is 5.10 Å². The van der Waals surface area contributed by atoms with Gasteiger partial charge in [0, 0.05) is 18.4 Å². The van der Waals surface area contributed by atoms with Crippen LogP contribution in [0.5, 0.6) is 0 Å². The number of hydrogen-bond acceptors (Lipinski definition) is 4. The largest absolute Gasteiger partial charge is 0.371 e. The van der Waals surface area contributed by atoms with Gasteiger partial charge in [0.25, 0.3) is 0 Å². The Morgan fingerprint density at radius 2 is 2.53 bits per heavy atom. The zero-order valence-electron chi connectivity index (χ0n) is 9.89. The Morgan fingerprint density at radius 3 is 3.35 bits per heavy atom. The van der Waals surface area contributed by atoms with Crippen molar-refractivity contribution >= 4 is 0 Å². The average molecular weight is 230 g/mol. The maximum atomic E-state index is 6.18. The van der Waals surface area contributed by atoms with E-state index in [1.165, 1.54) is 12.8 Å². The molecule has 0 spiro atoms. The Balaban J connectivity index is 1.72. The molecule has 0 amide bonds. The molecule has 3 aliphatic heterocycles. The Hall–Kier alpha value is -1.00. The monoisotopic (exact) mass is 230 g/mol. The maximum absolute atomic E-state index is 6.18. The smallest absolute Gasteiger partial charge is 0.113 e. The van der Waals surface area contributed by atoms with Crippen LogP contribution < -0.4 is 5.32 Å². The second kappa shape index (κ2) is 3.27. The highest BCUT2D eigenvalue weighted by molar-refractivity contribution is 5.19. The molecule has 4 rings (SSSR count). The van der Waals surface area contributed by atoms with Crippen LogP contribution in [0.15, 0.2) is 12.1 Å². The third kappa shape index (κ3) is 1.25. The van der Waals surface area contributed by atoms with Crippen LogP contribution in [0.3, 0.4) is 0 Å². The van der Waals surface area contributed by atoms with E-state index in [0.29, 0.717) is 24.0 Å². The van der Waals surface area contributed by atoms with Gasteiger partial charge in [-0.05, 0) is 31.9 Å². The Bertz CT molecular complexity index is 438. The van der Waals surface area contributed by atoms with Crippen molar-refractivity contribution in [3.8, 4) is 0 Å². The average Bonchev–Trinajstić information content (AvgIpc) is 2.99. The number of ether oxygens (including phenoxy) is 1. The van der Waals surface area contributed by atoms with Crippen molar-refractivity contribution < 1.29 is 4.74 Å². The lowest BCUT2D eigenvalue weighted by Gasteiger charge is -2.32. The first-order valence-electron chi connectivity index (χ1n) is 6.39. The summed E-state index contributed by atoms with van der Waals surface area (Å²) in [6, 6.07) is 4.16. The van der Waals surface area contributed by atoms with E-state index in [0.717, 1.165) is 12.2 Å². The van der Waals surface area contributed by atoms with Gasteiger partial charge in [0.2, 0.25) is 0 Å². The van der Waals surface area contributed by atoms with Gasteiger partial charge in [-0.1, -0.05) is 0 Å². The molecule has 1 N–H and O–H groups in total. The molecule has 3 saturated heterocycles. The molecule has 2 bridgehead atoms. The lowest BCUT2D eigenvalue weighted by Crippen LogP contribution is -2.37. The SMILES string of the molecule is CC12CCC(O1)C1CNC(c3cc[c]nn3)C12. The minimum atomic E-state index is 0.0464. The molecule has 3 aliphatic rings. The summed E-state index contributed by atoms with van der Waals surface area (Å²) in [5, 5.41) is 11.7. The summed E-state index contributed by atoms with van der Waals surface area (Å²) in [6.07, 6.45) is 5.61. The Labute approximate surface area is 101 Å². The maximum Gasteiger partial charge on any atom is 0.113 e. The molecule has 5 unspecified atom stereocenters. The molecule has 1 aromatic rings. The van der Waals surface area contributed by atoms with Crippen molar-refractivity contribution in [3.05, 3.63) is 24.0 Å². The summed E-state index contributed by atoms with van der Waals surface area (Å²) in [5.41, 5.74) is 1.08. The van der Waals surface area contributed by atoms with Gasteiger partial charge < -0.3 is 10.1 Å². The molecule has 17 heavy (non-hydrogen) atoms. The van der Waals surface area contributed by atoms with Crippen LogP contribution in [0.25, 0.3) is 0 Å². The van der Waals surface area contributed by atoms with Crippen molar-refractivity contribution in [1.29, 1.82) is 0 Å². The highest BCUT2D eigenvalue weighted by atomic mass is 16.5. The lowest BCUT2D eigenvalue weighted by molar-refractivity contribution is -0.00265. The summed E-state index contributed by atoms with van der Waals surface area (Å²) < 4.78 is 6.18. The van der Waals surface area contributed by atoms with Crippen molar-refractivity contribution in [3.63, 3.8) is 0 Å². The van der Waals surface area contributed by atoms with E-state index in [1.807, 2.05) is 12.1 Å². The fraction of sp³-hybridized carbons (Fsp3) is 0.692. The molecule has 0 aliphatic carbocycles.